The fraction of sp³-hybridized carbons (Fsp3) is 0.312. The first-order valence-corrected chi connectivity index (χ1v) is 7.13. The van der Waals surface area contributed by atoms with Crippen LogP contribution in [0.2, 0.25) is 0 Å². The lowest BCUT2D eigenvalue weighted by molar-refractivity contribution is -0.137. The van der Waals surface area contributed by atoms with Gasteiger partial charge in [0.05, 0.1) is 5.56 Å². The number of hydrogen-bond acceptors (Lipinski definition) is 3. The molecule has 116 valence electrons. The lowest BCUT2D eigenvalue weighted by Crippen LogP contribution is -2.36. The van der Waals surface area contributed by atoms with E-state index in [1.54, 1.807) is 17.9 Å². The van der Waals surface area contributed by atoms with Gasteiger partial charge >= 0.3 is 5.97 Å². The van der Waals surface area contributed by atoms with Gasteiger partial charge in [-0.15, -0.1) is 0 Å². The molecular formula is C16H19N3O3. The normalized spacial score (nSPS) is 10.5. The van der Waals surface area contributed by atoms with Gasteiger partial charge in [-0.05, 0) is 6.42 Å². The van der Waals surface area contributed by atoms with Crippen LogP contribution in [0, 0.1) is 0 Å². The Balaban J connectivity index is 2.39. The Morgan fingerprint density at radius 3 is 2.55 bits per heavy atom. The summed E-state index contributed by atoms with van der Waals surface area (Å²) in [5.74, 6) is -1.33. The summed E-state index contributed by atoms with van der Waals surface area (Å²) in [6.45, 7) is 1.99. The number of carbonyl (C=O) groups excluding carboxylic acids is 1. The summed E-state index contributed by atoms with van der Waals surface area (Å²) in [5.41, 5.74) is 1.82. The van der Waals surface area contributed by atoms with Crippen molar-refractivity contribution in [3.63, 3.8) is 0 Å². The van der Waals surface area contributed by atoms with Crippen molar-refractivity contribution < 1.29 is 14.7 Å². The SMILES string of the molecule is CCCN(CC(=O)O)C(=O)c1cn(C)nc1-c1ccccc1. The van der Waals surface area contributed by atoms with Gasteiger partial charge in [0.25, 0.3) is 5.91 Å². The van der Waals surface area contributed by atoms with E-state index in [-0.39, 0.29) is 12.5 Å². The minimum Gasteiger partial charge on any atom is -0.480 e. The highest BCUT2D eigenvalue weighted by Gasteiger charge is 2.23. The number of rotatable bonds is 6. The van der Waals surface area contributed by atoms with Crippen LogP contribution in [0.4, 0.5) is 0 Å². The minimum atomic E-state index is -1.02. The van der Waals surface area contributed by atoms with Gasteiger partial charge in [0.2, 0.25) is 0 Å². The predicted octanol–water partition coefficient (Wildman–Crippen LogP) is 2.02. The lowest BCUT2D eigenvalue weighted by Gasteiger charge is -2.19. The Kier molecular flexibility index (Phi) is 4.93. The number of aliphatic carboxylic acids is 1. The van der Waals surface area contributed by atoms with Crippen molar-refractivity contribution in [3.8, 4) is 11.3 Å². The molecule has 1 N–H and O–H groups in total. The van der Waals surface area contributed by atoms with Gasteiger partial charge in [0.15, 0.2) is 0 Å². The third kappa shape index (κ3) is 3.52. The van der Waals surface area contributed by atoms with E-state index in [9.17, 15) is 9.59 Å². The van der Waals surface area contributed by atoms with Crippen molar-refractivity contribution in [2.75, 3.05) is 13.1 Å². The second-order valence-electron chi connectivity index (χ2n) is 5.05. The topological polar surface area (TPSA) is 75.4 Å². The maximum atomic E-state index is 12.7. The molecule has 0 aliphatic heterocycles. The molecule has 0 saturated heterocycles. The second kappa shape index (κ2) is 6.89. The molecule has 0 atom stereocenters. The Hall–Kier alpha value is -2.63. The van der Waals surface area contributed by atoms with Gasteiger partial charge < -0.3 is 10.0 Å². The molecule has 0 aliphatic carbocycles. The zero-order chi connectivity index (χ0) is 16.1. The maximum Gasteiger partial charge on any atom is 0.323 e. The first-order valence-electron chi connectivity index (χ1n) is 7.13. The molecule has 0 saturated carbocycles. The van der Waals surface area contributed by atoms with Gasteiger partial charge in [-0.25, -0.2) is 0 Å². The smallest absolute Gasteiger partial charge is 0.323 e. The van der Waals surface area contributed by atoms with Crippen molar-refractivity contribution in [1.29, 1.82) is 0 Å². The molecule has 1 amide bonds. The van der Waals surface area contributed by atoms with E-state index in [4.69, 9.17) is 5.11 Å². The van der Waals surface area contributed by atoms with Crippen LogP contribution in [0.3, 0.4) is 0 Å². The minimum absolute atomic E-state index is 0.309. The van der Waals surface area contributed by atoms with Crippen molar-refractivity contribution in [2.45, 2.75) is 13.3 Å². The predicted molar refractivity (Wildman–Crippen MR) is 82.5 cm³/mol. The summed E-state index contributed by atoms with van der Waals surface area (Å²) in [6, 6.07) is 9.39. The van der Waals surface area contributed by atoms with Crippen LogP contribution in [-0.4, -0.2) is 44.8 Å². The van der Waals surface area contributed by atoms with Gasteiger partial charge in [0.1, 0.15) is 12.2 Å². The van der Waals surface area contributed by atoms with E-state index < -0.39 is 5.97 Å². The molecule has 0 spiro atoms. The van der Waals surface area contributed by atoms with E-state index in [0.717, 1.165) is 5.56 Å². The Morgan fingerprint density at radius 1 is 1.27 bits per heavy atom. The summed E-state index contributed by atoms with van der Waals surface area (Å²) in [6.07, 6.45) is 2.33. The van der Waals surface area contributed by atoms with E-state index >= 15 is 0 Å². The number of carbonyl (C=O) groups is 2. The molecule has 6 nitrogen and oxygen atoms in total. The van der Waals surface area contributed by atoms with Gasteiger partial charge in [-0.1, -0.05) is 37.3 Å². The van der Waals surface area contributed by atoms with Crippen molar-refractivity contribution in [3.05, 3.63) is 42.1 Å². The van der Waals surface area contributed by atoms with E-state index in [1.807, 2.05) is 37.3 Å². The van der Waals surface area contributed by atoms with Gasteiger partial charge in [-0.2, -0.15) is 5.10 Å². The van der Waals surface area contributed by atoms with E-state index in [0.29, 0.717) is 24.2 Å². The fourth-order valence-electron chi connectivity index (χ4n) is 2.31. The van der Waals surface area contributed by atoms with Crippen LogP contribution in [0.1, 0.15) is 23.7 Å². The molecule has 0 aliphatic rings. The summed E-state index contributed by atoms with van der Waals surface area (Å²) in [4.78, 5) is 25.0. The number of carboxylic acids is 1. The molecule has 2 rings (SSSR count). The monoisotopic (exact) mass is 301 g/mol. The zero-order valence-electron chi connectivity index (χ0n) is 12.7. The fourth-order valence-corrected chi connectivity index (χ4v) is 2.31. The molecular weight excluding hydrogens is 282 g/mol. The third-order valence-corrected chi connectivity index (χ3v) is 3.21. The Bertz CT molecular complexity index is 665. The average molecular weight is 301 g/mol. The van der Waals surface area contributed by atoms with Crippen molar-refractivity contribution >= 4 is 11.9 Å². The van der Waals surface area contributed by atoms with Crippen LogP contribution in [-0.2, 0) is 11.8 Å². The van der Waals surface area contributed by atoms with Gasteiger partial charge in [-0.3, -0.25) is 14.3 Å². The quantitative estimate of drug-likeness (QED) is 0.885. The Morgan fingerprint density at radius 2 is 1.95 bits per heavy atom. The highest BCUT2D eigenvalue weighted by Crippen LogP contribution is 2.23. The Labute approximate surface area is 129 Å². The lowest BCUT2D eigenvalue weighted by atomic mass is 10.1. The maximum absolute atomic E-state index is 12.7. The molecule has 2 aromatic rings. The van der Waals surface area contributed by atoms with E-state index in [2.05, 4.69) is 5.10 Å². The van der Waals surface area contributed by atoms with Crippen LogP contribution in [0.25, 0.3) is 11.3 Å². The third-order valence-electron chi connectivity index (χ3n) is 3.21. The number of benzene rings is 1. The molecule has 1 aromatic heterocycles. The molecule has 6 heteroatoms. The molecule has 0 unspecified atom stereocenters. The first kappa shape index (κ1) is 15.8. The van der Waals surface area contributed by atoms with Crippen LogP contribution < -0.4 is 0 Å². The van der Waals surface area contributed by atoms with Gasteiger partial charge in [0, 0.05) is 25.4 Å². The average Bonchev–Trinajstić information content (AvgIpc) is 2.88. The second-order valence-corrected chi connectivity index (χ2v) is 5.05. The standard InChI is InChI=1S/C16H19N3O3/c1-3-9-19(11-14(20)21)16(22)13-10-18(2)17-15(13)12-7-5-4-6-8-12/h4-8,10H,3,9,11H2,1-2H3,(H,20,21). The van der Waals surface area contributed by atoms with Crippen molar-refractivity contribution in [1.82, 2.24) is 14.7 Å². The molecule has 1 aromatic carbocycles. The number of aromatic nitrogens is 2. The molecule has 22 heavy (non-hydrogen) atoms. The summed E-state index contributed by atoms with van der Waals surface area (Å²) < 4.78 is 1.57. The highest BCUT2D eigenvalue weighted by molar-refractivity contribution is 6.00. The largest absolute Gasteiger partial charge is 0.480 e. The number of amides is 1. The van der Waals surface area contributed by atoms with Crippen LogP contribution in [0.5, 0.6) is 0 Å². The zero-order valence-corrected chi connectivity index (χ0v) is 12.7. The first-order chi connectivity index (χ1) is 10.5. The molecule has 1 heterocycles. The number of hydrogen-bond donors (Lipinski definition) is 1. The van der Waals surface area contributed by atoms with Crippen molar-refractivity contribution in [2.24, 2.45) is 7.05 Å². The molecule has 0 bridgehead atoms. The van der Waals surface area contributed by atoms with E-state index in [1.165, 1.54) is 4.90 Å². The summed E-state index contributed by atoms with van der Waals surface area (Å²) >= 11 is 0. The highest BCUT2D eigenvalue weighted by atomic mass is 16.4. The summed E-state index contributed by atoms with van der Waals surface area (Å²) in [5, 5.41) is 13.3. The molecule has 0 radical (unpaired) electrons. The number of aryl methyl sites for hydroxylation is 1. The number of carboxylic acid groups (broad SMARTS) is 1. The summed E-state index contributed by atoms with van der Waals surface area (Å²) in [7, 11) is 1.74. The number of nitrogens with zero attached hydrogens (tertiary/aromatic N) is 3. The van der Waals surface area contributed by atoms with Crippen LogP contribution in [0.15, 0.2) is 36.5 Å². The molecule has 0 fully saturated rings. The van der Waals surface area contributed by atoms with Crippen LogP contribution >= 0.6 is 0 Å².